The molecule has 1 aliphatic rings. The molecule has 5 heteroatoms. The average molecular weight is 256 g/mol. The van der Waals surface area contributed by atoms with Crippen molar-refractivity contribution in [2.45, 2.75) is 26.9 Å². The second-order valence-corrected chi connectivity index (χ2v) is 4.07. The van der Waals surface area contributed by atoms with Crippen LogP contribution in [0.15, 0.2) is 12.2 Å². The lowest BCUT2D eigenvalue weighted by atomic mass is 9.91. The quantitative estimate of drug-likeness (QED) is 0.422. The smallest absolute Gasteiger partial charge is 0.321 e. The number of rotatable bonds is 5. The number of carbonyl (C=O) groups is 2. The van der Waals surface area contributed by atoms with E-state index in [0.717, 1.165) is 0 Å². The maximum atomic E-state index is 11.8. The van der Waals surface area contributed by atoms with Gasteiger partial charge in [-0.2, -0.15) is 0 Å². The summed E-state index contributed by atoms with van der Waals surface area (Å²) in [7, 11) is 0. The minimum atomic E-state index is -0.936. The zero-order chi connectivity index (χ0) is 13.5. The molecule has 0 spiro atoms. The summed E-state index contributed by atoms with van der Waals surface area (Å²) >= 11 is 0. The molecule has 5 nitrogen and oxygen atoms in total. The van der Waals surface area contributed by atoms with E-state index in [1.54, 1.807) is 13.8 Å². The molecule has 18 heavy (non-hydrogen) atoms. The molecule has 0 aromatic heterocycles. The van der Waals surface area contributed by atoms with Gasteiger partial charge in [-0.3, -0.25) is 9.59 Å². The Kier molecular flexibility index (Phi) is 5.85. The summed E-state index contributed by atoms with van der Waals surface area (Å²) in [5, 5.41) is 0. The Morgan fingerprint density at radius 1 is 1.22 bits per heavy atom. The molecule has 0 saturated heterocycles. The van der Waals surface area contributed by atoms with Crippen molar-refractivity contribution in [1.82, 2.24) is 0 Å². The van der Waals surface area contributed by atoms with Gasteiger partial charge in [0.2, 0.25) is 0 Å². The van der Waals surface area contributed by atoms with E-state index in [2.05, 4.69) is 0 Å². The van der Waals surface area contributed by atoms with Gasteiger partial charge in [-0.25, -0.2) is 0 Å². The highest BCUT2D eigenvalue weighted by Gasteiger charge is 2.37. The fourth-order valence-electron chi connectivity index (χ4n) is 1.79. The molecule has 2 atom stereocenters. The average Bonchev–Trinajstić information content (AvgIpc) is 2.33. The minimum Gasteiger partial charge on any atom is -0.465 e. The van der Waals surface area contributed by atoms with Crippen molar-refractivity contribution in [1.29, 1.82) is 0 Å². The van der Waals surface area contributed by atoms with Crippen molar-refractivity contribution in [2.24, 2.45) is 11.8 Å². The van der Waals surface area contributed by atoms with Gasteiger partial charge in [0.25, 0.3) is 0 Å². The Morgan fingerprint density at radius 2 is 1.78 bits per heavy atom. The SMILES string of the molecule is CCOC(=O)C(C(=O)OCC)[C@@H]1C=C[C@H](C)OC1. The molecule has 102 valence electrons. The molecule has 0 radical (unpaired) electrons. The van der Waals surface area contributed by atoms with Crippen molar-refractivity contribution in [3.63, 3.8) is 0 Å². The van der Waals surface area contributed by atoms with E-state index in [9.17, 15) is 9.59 Å². The molecular formula is C13H20O5. The van der Waals surface area contributed by atoms with Crippen LogP contribution in [0.4, 0.5) is 0 Å². The number of hydrogen-bond donors (Lipinski definition) is 0. The van der Waals surface area contributed by atoms with Crippen LogP contribution in [0, 0.1) is 11.8 Å². The Morgan fingerprint density at radius 3 is 2.17 bits per heavy atom. The third kappa shape index (κ3) is 3.84. The first-order valence-corrected chi connectivity index (χ1v) is 6.23. The fraction of sp³-hybridized carbons (Fsp3) is 0.692. The summed E-state index contributed by atoms with van der Waals surface area (Å²) in [5.41, 5.74) is 0. The van der Waals surface area contributed by atoms with Crippen molar-refractivity contribution >= 4 is 11.9 Å². The summed E-state index contributed by atoms with van der Waals surface area (Å²) < 4.78 is 15.3. The molecule has 0 fully saturated rings. The van der Waals surface area contributed by atoms with E-state index in [-0.39, 0.29) is 25.2 Å². The fourth-order valence-corrected chi connectivity index (χ4v) is 1.79. The minimum absolute atomic E-state index is 0.00583. The molecule has 0 aliphatic carbocycles. The third-order valence-electron chi connectivity index (χ3n) is 2.69. The van der Waals surface area contributed by atoms with Crippen molar-refractivity contribution < 1.29 is 23.8 Å². The van der Waals surface area contributed by atoms with Gasteiger partial charge in [0, 0.05) is 5.92 Å². The van der Waals surface area contributed by atoms with Gasteiger partial charge in [-0.1, -0.05) is 12.2 Å². The van der Waals surface area contributed by atoms with E-state index >= 15 is 0 Å². The second-order valence-electron chi connectivity index (χ2n) is 4.07. The molecule has 0 unspecified atom stereocenters. The Hall–Kier alpha value is -1.36. The lowest BCUT2D eigenvalue weighted by Gasteiger charge is -2.26. The molecule has 0 amide bonds. The standard InChI is InChI=1S/C13H20O5/c1-4-16-12(14)11(13(15)17-5-2)10-7-6-9(3)18-8-10/h6-7,9-11H,4-5,8H2,1-3H3/t9-,10+/m0/s1. The molecule has 0 N–H and O–H groups in total. The van der Waals surface area contributed by atoms with Crippen LogP contribution >= 0.6 is 0 Å². The molecule has 1 aliphatic heterocycles. The van der Waals surface area contributed by atoms with E-state index in [0.29, 0.717) is 6.61 Å². The number of esters is 2. The van der Waals surface area contributed by atoms with Crippen LogP contribution in [0.5, 0.6) is 0 Å². The maximum absolute atomic E-state index is 11.8. The van der Waals surface area contributed by atoms with Crippen LogP contribution in [0.1, 0.15) is 20.8 Å². The van der Waals surface area contributed by atoms with Gasteiger partial charge in [0.05, 0.1) is 25.9 Å². The molecule has 0 aromatic rings. The van der Waals surface area contributed by atoms with Crippen molar-refractivity contribution in [3.05, 3.63) is 12.2 Å². The zero-order valence-corrected chi connectivity index (χ0v) is 11.0. The monoisotopic (exact) mass is 256 g/mol. The summed E-state index contributed by atoms with van der Waals surface area (Å²) in [6, 6.07) is 0. The molecule has 1 rings (SSSR count). The molecule has 0 aromatic carbocycles. The van der Waals surface area contributed by atoms with E-state index in [1.165, 1.54) is 0 Å². The summed E-state index contributed by atoms with van der Waals surface area (Å²) in [5.74, 6) is -2.36. The van der Waals surface area contributed by atoms with E-state index < -0.39 is 17.9 Å². The van der Waals surface area contributed by atoms with Crippen LogP contribution in [-0.2, 0) is 23.8 Å². The van der Waals surface area contributed by atoms with Gasteiger partial charge >= 0.3 is 11.9 Å². The Labute approximate surface area is 107 Å². The Balaban J connectivity index is 2.79. The van der Waals surface area contributed by atoms with Gasteiger partial charge in [0.1, 0.15) is 0 Å². The van der Waals surface area contributed by atoms with Crippen LogP contribution in [-0.4, -0.2) is 37.9 Å². The second kappa shape index (κ2) is 7.16. The highest BCUT2D eigenvalue weighted by Crippen LogP contribution is 2.22. The third-order valence-corrected chi connectivity index (χ3v) is 2.69. The summed E-state index contributed by atoms with van der Waals surface area (Å²) in [4.78, 5) is 23.7. The first-order chi connectivity index (χ1) is 8.60. The predicted molar refractivity (Wildman–Crippen MR) is 64.8 cm³/mol. The Bertz CT molecular complexity index is 305. The number of ether oxygens (including phenoxy) is 3. The summed E-state index contributed by atoms with van der Waals surface area (Å²) in [6.45, 7) is 6.10. The number of hydrogen-bond acceptors (Lipinski definition) is 5. The topological polar surface area (TPSA) is 61.8 Å². The molecule has 0 saturated carbocycles. The van der Waals surface area contributed by atoms with Gasteiger partial charge in [-0.05, 0) is 20.8 Å². The van der Waals surface area contributed by atoms with Gasteiger partial charge < -0.3 is 14.2 Å². The van der Waals surface area contributed by atoms with Gasteiger partial charge in [0.15, 0.2) is 5.92 Å². The molecule has 1 heterocycles. The highest BCUT2D eigenvalue weighted by molar-refractivity contribution is 5.95. The highest BCUT2D eigenvalue weighted by atomic mass is 16.6. The zero-order valence-electron chi connectivity index (χ0n) is 11.0. The molecule has 0 bridgehead atoms. The van der Waals surface area contributed by atoms with Gasteiger partial charge in [-0.15, -0.1) is 0 Å². The van der Waals surface area contributed by atoms with E-state index in [4.69, 9.17) is 14.2 Å². The summed E-state index contributed by atoms with van der Waals surface area (Å²) in [6.07, 6.45) is 3.66. The first-order valence-electron chi connectivity index (χ1n) is 6.23. The van der Waals surface area contributed by atoms with E-state index in [1.807, 2.05) is 19.1 Å². The van der Waals surface area contributed by atoms with Crippen LogP contribution in [0.25, 0.3) is 0 Å². The van der Waals surface area contributed by atoms with Crippen LogP contribution in [0.3, 0.4) is 0 Å². The lowest BCUT2D eigenvalue weighted by molar-refractivity contribution is -0.165. The predicted octanol–water partition coefficient (Wildman–Crippen LogP) is 1.32. The normalized spacial score (nSPS) is 22.9. The lowest BCUT2D eigenvalue weighted by Crippen LogP contribution is -2.37. The van der Waals surface area contributed by atoms with Crippen LogP contribution in [0.2, 0.25) is 0 Å². The first kappa shape index (κ1) is 14.7. The van der Waals surface area contributed by atoms with Crippen LogP contribution < -0.4 is 0 Å². The largest absolute Gasteiger partial charge is 0.465 e. The maximum Gasteiger partial charge on any atom is 0.321 e. The number of carbonyl (C=O) groups excluding carboxylic acids is 2. The van der Waals surface area contributed by atoms with Crippen molar-refractivity contribution in [2.75, 3.05) is 19.8 Å². The molecular weight excluding hydrogens is 236 g/mol. The van der Waals surface area contributed by atoms with Crippen molar-refractivity contribution in [3.8, 4) is 0 Å².